The number of likely N-dealkylation sites (tertiary alicyclic amines) is 1. The summed E-state index contributed by atoms with van der Waals surface area (Å²) in [5.74, 6) is 0.663. The summed E-state index contributed by atoms with van der Waals surface area (Å²) in [5.41, 5.74) is 0.801. The second kappa shape index (κ2) is 9.38. The lowest BCUT2D eigenvalue weighted by Gasteiger charge is -2.34. The van der Waals surface area contributed by atoms with E-state index in [0.29, 0.717) is 12.5 Å². The van der Waals surface area contributed by atoms with Crippen LogP contribution >= 0.6 is 0 Å². The maximum Gasteiger partial charge on any atom is 0.407 e. The number of carbonyl (C=O) groups excluding carboxylic acids is 1. The van der Waals surface area contributed by atoms with Crippen LogP contribution in [0.1, 0.15) is 47.0 Å². The van der Waals surface area contributed by atoms with Crippen LogP contribution in [0.2, 0.25) is 0 Å². The molecule has 0 aromatic carbocycles. The quantitative estimate of drug-likeness (QED) is 0.758. The zero-order valence-corrected chi connectivity index (χ0v) is 15.0. The van der Waals surface area contributed by atoms with E-state index in [1.54, 1.807) is 6.21 Å². The minimum absolute atomic E-state index is 0.324. The lowest BCUT2D eigenvalue weighted by molar-refractivity contribution is 0.0523. The topological polar surface area (TPSA) is 53.9 Å². The molecule has 0 aromatic heterocycles. The van der Waals surface area contributed by atoms with E-state index < -0.39 is 5.60 Å². The predicted octanol–water partition coefficient (Wildman–Crippen LogP) is 3.73. The van der Waals surface area contributed by atoms with Crippen molar-refractivity contribution in [1.82, 2.24) is 10.2 Å². The molecule has 23 heavy (non-hydrogen) atoms. The highest BCUT2D eigenvalue weighted by atomic mass is 16.6. The molecule has 5 nitrogen and oxygen atoms in total. The normalized spacial score (nSPS) is 17.4. The fourth-order valence-corrected chi connectivity index (χ4v) is 2.58. The number of ether oxygens (including phenoxy) is 1. The van der Waals surface area contributed by atoms with Gasteiger partial charge in [0.25, 0.3) is 0 Å². The zero-order chi connectivity index (χ0) is 17.3. The molecule has 1 amide bonds. The molecule has 1 saturated heterocycles. The Balaban J connectivity index is 2.24. The van der Waals surface area contributed by atoms with E-state index in [4.69, 9.17) is 4.74 Å². The molecule has 0 saturated carbocycles. The van der Waals surface area contributed by atoms with Crippen LogP contribution in [-0.2, 0) is 4.74 Å². The van der Waals surface area contributed by atoms with Crippen molar-refractivity contribution < 1.29 is 9.53 Å². The van der Waals surface area contributed by atoms with Crippen LogP contribution in [0.15, 0.2) is 29.5 Å². The Morgan fingerprint density at radius 3 is 2.61 bits per heavy atom. The number of aliphatic imine (C=N–C) groups is 1. The molecule has 1 aliphatic heterocycles. The van der Waals surface area contributed by atoms with Gasteiger partial charge in [0.15, 0.2) is 0 Å². The monoisotopic (exact) mass is 321 g/mol. The smallest absolute Gasteiger partial charge is 0.407 e. The van der Waals surface area contributed by atoms with Gasteiger partial charge in [-0.2, -0.15) is 0 Å². The van der Waals surface area contributed by atoms with Crippen molar-refractivity contribution in [3.8, 4) is 0 Å². The summed E-state index contributed by atoms with van der Waals surface area (Å²) < 4.78 is 5.24. The molecule has 0 spiro atoms. The lowest BCUT2D eigenvalue weighted by atomic mass is 9.93. The molecular weight excluding hydrogens is 290 g/mol. The third-order valence-electron chi connectivity index (χ3n) is 3.84. The van der Waals surface area contributed by atoms with Gasteiger partial charge >= 0.3 is 6.09 Å². The van der Waals surface area contributed by atoms with E-state index in [9.17, 15) is 4.79 Å². The van der Waals surface area contributed by atoms with Gasteiger partial charge in [0.2, 0.25) is 0 Å². The summed E-state index contributed by atoms with van der Waals surface area (Å²) in [6, 6.07) is 0. The predicted molar refractivity (Wildman–Crippen MR) is 95.6 cm³/mol. The summed E-state index contributed by atoms with van der Waals surface area (Å²) >= 11 is 0. The summed E-state index contributed by atoms with van der Waals surface area (Å²) in [6.07, 6.45) is 8.32. The summed E-state index contributed by atoms with van der Waals surface area (Å²) in [7, 11) is 0. The second-order valence-electron chi connectivity index (χ2n) is 6.94. The molecule has 1 fully saturated rings. The van der Waals surface area contributed by atoms with Gasteiger partial charge in [-0.25, -0.2) is 4.79 Å². The van der Waals surface area contributed by atoms with Crippen LogP contribution in [0.5, 0.6) is 0 Å². The van der Waals surface area contributed by atoms with Gasteiger partial charge in [0.1, 0.15) is 5.60 Å². The molecule has 0 unspecified atom stereocenters. The number of piperidine rings is 1. The molecule has 0 aliphatic carbocycles. The molecular formula is C18H31N3O2. The van der Waals surface area contributed by atoms with Gasteiger partial charge in [0, 0.05) is 37.7 Å². The highest BCUT2D eigenvalue weighted by molar-refractivity contribution is 5.72. The minimum atomic E-state index is -0.436. The molecule has 0 atom stereocenters. The molecule has 1 N–H and O–H groups in total. The first-order chi connectivity index (χ1) is 10.8. The number of nitrogens with one attached hydrogen (secondary N) is 1. The minimum Gasteiger partial charge on any atom is -0.444 e. The standard InChI is InChI=1S/C18H31N3O2/c1-6-19-11-7-15(2)21-13-9-16(10-14-21)8-12-20-17(22)23-18(3,4)5/h6-7,11,16H,1,8-10,12-14H2,2-5H3,(H,20,22)/b15-7+,19-11?. The average Bonchev–Trinajstić information content (AvgIpc) is 2.46. The third-order valence-corrected chi connectivity index (χ3v) is 3.84. The van der Waals surface area contributed by atoms with Gasteiger partial charge in [0.05, 0.1) is 0 Å². The van der Waals surface area contributed by atoms with Crippen LogP contribution in [0.25, 0.3) is 0 Å². The van der Waals surface area contributed by atoms with E-state index in [0.717, 1.165) is 32.4 Å². The molecule has 1 aliphatic rings. The Morgan fingerprint density at radius 1 is 1.39 bits per heavy atom. The number of alkyl carbamates (subject to hydrolysis) is 1. The van der Waals surface area contributed by atoms with Crippen molar-refractivity contribution in [2.24, 2.45) is 10.9 Å². The first kappa shape index (κ1) is 19.3. The Labute approximate surface area is 140 Å². The molecule has 0 bridgehead atoms. The SMILES string of the molecule is C=CN=C/C=C(\C)N1CCC(CCNC(=O)OC(C)(C)C)CC1. The maximum atomic E-state index is 11.6. The van der Waals surface area contributed by atoms with Crippen molar-refractivity contribution in [1.29, 1.82) is 0 Å². The number of carbonyl (C=O) groups is 1. The van der Waals surface area contributed by atoms with E-state index in [1.807, 2.05) is 26.8 Å². The number of nitrogens with zero attached hydrogens (tertiary/aromatic N) is 2. The van der Waals surface area contributed by atoms with Gasteiger partial charge in [-0.3, -0.25) is 4.99 Å². The fourth-order valence-electron chi connectivity index (χ4n) is 2.58. The molecule has 1 heterocycles. The van der Waals surface area contributed by atoms with E-state index in [2.05, 4.69) is 28.7 Å². The highest BCUT2D eigenvalue weighted by Crippen LogP contribution is 2.22. The van der Waals surface area contributed by atoms with Gasteiger partial charge in [-0.15, -0.1) is 0 Å². The maximum absolute atomic E-state index is 11.6. The highest BCUT2D eigenvalue weighted by Gasteiger charge is 2.20. The number of allylic oxidation sites excluding steroid dienone is 2. The van der Waals surface area contributed by atoms with Crippen molar-refractivity contribution in [2.75, 3.05) is 19.6 Å². The first-order valence-corrected chi connectivity index (χ1v) is 8.34. The van der Waals surface area contributed by atoms with Crippen LogP contribution < -0.4 is 5.32 Å². The van der Waals surface area contributed by atoms with Crippen LogP contribution in [-0.4, -0.2) is 42.4 Å². The molecule has 0 radical (unpaired) electrons. The fraction of sp³-hybridized carbons (Fsp3) is 0.667. The van der Waals surface area contributed by atoms with Crippen molar-refractivity contribution in [2.45, 2.75) is 52.6 Å². The van der Waals surface area contributed by atoms with Gasteiger partial charge in [-0.05, 0) is 59.0 Å². The Kier molecular flexibility index (Phi) is 7.86. The Hall–Kier alpha value is -1.78. The lowest BCUT2D eigenvalue weighted by Crippen LogP contribution is -2.36. The van der Waals surface area contributed by atoms with Gasteiger partial charge in [-0.1, -0.05) is 6.58 Å². The molecule has 5 heteroatoms. The number of hydrogen-bond donors (Lipinski definition) is 1. The number of amides is 1. The van der Waals surface area contributed by atoms with E-state index in [1.165, 1.54) is 11.9 Å². The van der Waals surface area contributed by atoms with E-state index >= 15 is 0 Å². The van der Waals surface area contributed by atoms with Crippen LogP contribution in [0, 0.1) is 5.92 Å². The molecule has 0 aromatic rings. The van der Waals surface area contributed by atoms with Crippen molar-refractivity contribution >= 4 is 12.3 Å². The summed E-state index contributed by atoms with van der Waals surface area (Å²) in [6.45, 7) is 14.1. The summed E-state index contributed by atoms with van der Waals surface area (Å²) in [4.78, 5) is 18.0. The summed E-state index contributed by atoms with van der Waals surface area (Å²) in [5, 5.41) is 2.84. The average molecular weight is 321 g/mol. The molecule has 130 valence electrons. The number of rotatable bonds is 6. The molecule has 1 rings (SSSR count). The number of hydrogen-bond acceptors (Lipinski definition) is 4. The Bertz CT molecular complexity index is 442. The third kappa shape index (κ3) is 8.43. The first-order valence-electron chi connectivity index (χ1n) is 8.34. The Morgan fingerprint density at radius 2 is 2.04 bits per heavy atom. The largest absolute Gasteiger partial charge is 0.444 e. The van der Waals surface area contributed by atoms with Crippen molar-refractivity contribution in [3.05, 3.63) is 24.6 Å². The van der Waals surface area contributed by atoms with Crippen LogP contribution in [0.4, 0.5) is 4.79 Å². The van der Waals surface area contributed by atoms with Gasteiger partial charge < -0.3 is 15.0 Å². The van der Waals surface area contributed by atoms with E-state index in [-0.39, 0.29) is 6.09 Å². The zero-order valence-electron chi connectivity index (χ0n) is 15.0. The van der Waals surface area contributed by atoms with Crippen LogP contribution in [0.3, 0.4) is 0 Å². The van der Waals surface area contributed by atoms with Crippen molar-refractivity contribution in [3.63, 3.8) is 0 Å². The second-order valence-corrected chi connectivity index (χ2v) is 6.94.